The molecule has 1 atom stereocenters. The molecule has 0 bridgehead atoms. The van der Waals surface area contributed by atoms with Crippen LogP contribution in [0.2, 0.25) is 0 Å². The molecule has 1 aliphatic rings. The van der Waals surface area contributed by atoms with Crippen molar-refractivity contribution in [3.05, 3.63) is 77.9 Å². The molecule has 0 aromatic heterocycles. The van der Waals surface area contributed by atoms with Crippen molar-refractivity contribution in [1.29, 1.82) is 0 Å². The Kier molecular flexibility index (Phi) is 9.04. The van der Waals surface area contributed by atoms with Crippen LogP contribution in [0.3, 0.4) is 0 Å². The highest BCUT2D eigenvalue weighted by molar-refractivity contribution is 7.98. The number of nitrogens with one attached hydrogen (secondary N) is 2. The lowest BCUT2D eigenvalue weighted by Gasteiger charge is -2.28. The summed E-state index contributed by atoms with van der Waals surface area (Å²) in [5, 5.41) is 2.87. The lowest BCUT2D eigenvalue weighted by Crippen LogP contribution is -2.56. The van der Waals surface area contributed by atoms with Gasteiger partial charge in [-0.25, -0.2) is 13.1 Å². The van der Waals surface area contributed by atoms with Crippen LogP contribution in [0.15, 0.2) is 76.5 Å². The van der Waals surface area contributed by atoms with E-state index in [0.29, 0.717) is 31.5 Å². The number of thioether (sulfide) groups is 1. The van der Waals surface area contributed by atoms with Crippen molar-refractivity contribution in [1.82, 2.24) is 10.0 Å². The second-order valence-corrected chi connectivity index (χ2v) is 13.0. The Hall–Kier alpha value is -3.18. The average Bonchev–Trinajstić information content (AvgIpc) is 3.05. The summed E-state index contributed by atoms with van der Waals surface area (Å²) in [6, 6.07) is 19.8. The van der Waals surface area contributed by atoms with Crippen molar-refractivity contribution >= 4 is 39.3 Å². The molecule has 0 spiro atoms. The van der Waals surface area contributed by atoms with Crippen LogP contribution in [0.1, 0.15) is 38.3 Å². The minimum absolute atomic E-state index is 0.195. The molecule has 3 aromatic carbocycles. The van der Waals surface area contributed by atoms with Gasteiger partial charge in [0, 0.05) is 22.7 Å². The Morgan fingerprint density at radius 3 is 2.45 bits per heavy atom. The van der Waals surface area contributed by atoms with Crippen LogP contribution >= 0.6 is 11.8 Å². The highest BCUT2D eigenvalue weighted by Crippen LogP contribution is 2.33. The summed E-state index contributed by atoms with van der Waals surface area (Å²) in [5.41, 5.74) is 8.97. The molecule has 1 heterocycles. The predicted molar refractivity (Wildman–Crippen MR) is 161 cm³/mol. The molecule has 4 rings (SSSR count). The fourth-order valence-electron chi connectivity index (χ4n) is 4.70. The number of hydrogen-bond acceptors (Lipinski definition) is 6. The van der Waals surface area contributed by atoms with Crippen molar-refractivity contribution in [2.75, 3.05) is 17.7 Å². The summed E-state index contributed by atoms with van der Waals surface area (Å²) in [4.78, 5) is 29.5. The molecule has 2 amide bonds. The van der Waals surface area contributed by atoms with E-state index in [1.165, 1.54) is 0 Å². The first-order chi connectivity index (χ1) is 18.9. The van der Waals surface area contributed by atoms with Crippen LogP contribution in [0, 0.1) is 0 Å². The van der Waals surface area contributed by atoms with Gasteiger partial charge in [-0.1, -0.05) is 49.4 Å². The number of carbonyl (C=O) groups is 2. The van der Waals surface area contributed by atoms with Gasteiger partial charge in [0.25, 0.3) is 0 Å². The van der Waals surface area contributed by atoms with E-state index in [1.54, 1.807) is 61.7 Å². The highest BCUT2D eigenvalue weighted by atomic mass is 32.2. The predicted octanol–water partition coefficient (Wildman–Crippen LogP) is 4.08. The van der Waals surface area contributed by atoms with Gasteiger partial charge in [0.2, 0.25) is 21.8 Å². The largest absolute Gasteiger partial charge is 0.343 e. The van der Waals surface area contributed by atoms with Crippen LogP contribution in [0.5, 0.6) is 0 Å². The van der Waals surface area contributed by atoms with Crippen molar-refractivity contribution in [3.8, 4) is 11.1 Å². The summed E-state index contributed by atoms with van der Waals surface area (Å²) < 4.78 is 28.1. The summed E-state index contributed by atoms with van der Waals surface area (Å²) in [7, 11) is -3.65. The number of hydrogen-bond donors (Lipinski definition) is 3. The quantitative estimate of drug-likeness (QED) is 0.328. The van der Waals surface area contributed by atoms with Gasteiger partial charge in [0.15, 0.2) is 0 Å². The van der Waals surface area contributed by atoms with E-state index in [2.05, 4.69) is 16.1 Å². The summed E-state index contributed by atoms with van der Waals surface area (Å²) in [5.74, 6) is -0.573. The molecule has 0 aliphatic carbocycles. The van der Waals surface area contributed by atoms with Gasteiger partial charge < -0.3 is 16.0 Å². The van der Waals surface area contributed by atoms with E-state index in [1.807, 2.05) is 42.7 Å². The zero-order valence-corrected chi connectivity index (χ0v) is 24.9. The molecular weight excluding hydrogens is 544 g/mol. The third-order valence-corrected chi connectivity index (χ3v) is 9.18. The Morgan fingerprint density at radius 2 is 1.80 bits per heavy atom. The minimum atomic E-state index is -3.65. The van der Waals surface area contributed by atoms with E-state index in [4.69, 9.17) is 5.73 Å². The SMILES string of the molecule is CCNS(=O)(=O)c1ccccc1-c1ccc(CN2C(=O)[C@H](NC(=O)C(C)(C)N)CCc3cc(SC)ccc32)cc1. The fourth-order valence-corrected chi connectivity index (χ4v) is 6.44. The molecule has 8 nitrogen and oxygen atoms in total. The van der Waals surface area contributed by atoms with Crippen molar-refractivity contribution in [3.63, 3.8) is 0 Å². The second-order valence-electron chi connectivity index (χ2n) is 10.4. The maximum Gasteiger partial charge on any atom is 0.249 e. The molecule has 0 saturated heterocycles. The zero-order chi connectivity index (χ0) is 29.1. The summed E-state index contributed by atoms with van der Waals surface area (Å²) in [6.07, 6.45) is 3.12. The minimum Gasteiger partial charge on any atom is -0.343 e. The fraction of sp³-hybridized carbons (Fsp3) is 0.333. The van der Waals surface area contributed by atoms with Crippen molar-refractivity contribution in [2.24, 2.45) is 5.73 Å². The monoisotopic (exact) mass is 580 g/mol. The van der Waals surface area contributed by atoms with Crippen LogP contribution < -0.4 is 20.7 Å². The van der Waals surface area contributed by atoms with E-state index >= 15 is 0 Å². The molecule has 3 aromatic rings. The Bertz CT molecular complexity index is 1500. The molecule has 0 unspecified atom stereocenters. The smallest absolute Gasteiger partial charge is 0.249 e. The zero-order valence-electron chi connectivity index (χ0n) is 23.2. The lowest BCUT2D eigenvalue weighted by molar-refractivity contribution is -0.130. The highest BCUT2D eigenvalue weighted by Gasteiger charge is 2.34. The van der Waals surface area contributed by atoms with E-state index in [-0.39, 0.29) is 16.7 Å². The van der Waals surface area contributed by atoms with E-state index in [9.17, 15) is 18.0 Å². The van der Waals surface area contributed by atoms with Gasteiger partial charge >= 0.3 is 0 Å². The number of nitrogens with two attached hydrogens (primary N) is 1. The second kappa shape index (κ2) is 12.1. The standard InChI is InChI=1S/C30H36N4O4S2/c1-5-32-40(37,38)27-9-7-6-8-24(27)21-12-10-20(11-13-21)19-34-26-17-15-23(39-4)18-22(26)14-16-25(28(34)35)33-29(36)30(2,3)31/h6-13,15,17-18,25,32H,5,14,16,19,31H2,1-4H3,(H,33,36)/t25-/m1/s1. The molecule has 0 saturated carbocycles. The number of amides is 2. The Labute approximate surface area is 240 Å². The normalized spacial score (nSPS) is 15.9. The number of anilines is 1. The van der Waals surface area contributed by atoms with E-state index < -0.39 is 21.6 Å². The van der Waals surface area contributed by atoms with Gasteiger partial charge in [-0.15, -0.1) is 11.8 Å². The topological polar surface area (TPSA) is 122 Å². The lowest BCUT2D eigenvalue weighted by atomic mass is 10.0. The Balaban J connectivity index is 1.66. The maximum atomic E-state index is 13.8. The third-order valence-electron chi connectivity index (χ3n) is 6.85. The molecule has 1 aliphatic heterocycles. The maximum absolute atomic E-state index is 13.8. The molecular formula is C30H36N4O4S2. The number of benzene rings is 3. The molecule has 0 radical (unpaired) electrons. The summed E-state index contributed by atoms with van der Waals surface area (Å²) >= 11 is 1.64. The van der Waals surface area contributed by atoms with Gasteiger partial charge in [-0.05, 0) is 73.9 Å². The molecule has 0 fully saturated rings. The van der Waals surface area contributed by atoms with Crippen molar-refractivity contribution < 1.29 is 18.0 Å². The van der Waals surface area contributed by atoms with Crippen LogP contribution in [0.25, 0.3) is 11.1 Å². The number of aryl methyl sites for hydroxylation is 1. The van der Waals surface area contributed by atoms with Crippen LogP contribution in [-0.4, -0.2) is 44.6 Å². The van der Waals surface area contributed by atoms with E-state index in [0.717, 1.165) is 27.3 Å². The number of fused-ring (bicyclic) bond motifs is 1. The van der Waals surface area contributed by atoms with Gasteiger partial charge in [-0.3, -0.25) is 9.59 Å². The first kappa shape index (κ1) is 29.8. The molecule has 212 valence electrons. The third kappa shape index (κ3) is 6.58. The number of rotatable bonds is 9. The first-order valence-electron chi connectivity index (χ1n) is 13.2. The Morgan fingerprint density at radius 1 is 1.10 bits per heavy atom. The molecule has 4 N–H and O–H groups in total. The molecule has 10 heteroatoms. The van der Waals surface area contributed by atoms with Gasteiger partial charge in [0.05, 0.1) is 17.0 Å². The summed E-state index contributed by atoms with van der Waals surface area (Å²) in [6.45, 7) is 5.56. The number of nitrogens with zero attached hydrogens (tertiary/aromatic N) is 1. The van der Waals surface area contributed by atoms with Crippen molar-refractivity contribution in [2.45, 2.75) is 61.5 Å². The average molecular weight is 581 g/mol. The van der Waals surface area contributed by atoms with Gasteiger partial charge in [-0.2, -0.15) is 0 Å². The van der Waals surface area contributed by atoms with Crippen LogP contribution in [-0.2, 0) is 32.6 Å². The first-order valence-corrected chi connectivity index (χ1v) is 15.9. The van der Waals surface area contributed by atoms with Crippen LogP contribution in [0.4, 0.5) is 5.69 Å². The molecule has 40 heavy (non-hydrogen) atoms. The number of carbonyl (C=O) groups excluding carboxylic acids is 2. The van der Waals surface area contributed by atoms with Gasteiger partial charge in [0.1, 0.15) is 6.04 Å². The number of sulfonamides is 1.